The number of carbonyl (C=O) groups is 1. The zero-order valence-electron chi connectivity index (χ0n) is 14.1. The molecule has 27 heavy (non-hydrogen) atoms. The molecule has 0 spiro atoms. The Bertz CT molecular complexity index is 1150. The molecule has 0 saturated carbocycles. The normalized spacial score (nSPS) is 10.8. The molecular formula is C17H14N8O2. The second-order valence-corrected chi connectivity index (χ2v) is 5.65. The number of hydrogen-bond donors (Lipinski definition) is 1. The number of aryl methyl sites for hydroxylation is 1. The Kier molecular flexibility index (Phi) is 4.35. The van der Waals surface area contributed by atoms with Crippen LogP contribution in [-0.2, 0) is 11.3 Å². The predicted molar refractivity (Wildman–Crippen MR) is 96.2 cm³/mol. The number of amides is 1. The van der Waals surface area contributed by atoms with Gasteiger partial charge in [0.05, 0.1) is 17.6 Å². The van der Waals surface area contributed by atoms with Crippen LogP contribution in [0, 0.1) is 0 Å². The third-order valence-corrected chi connectivity index (χ3v) is 3.88. The number of nitrogens with one attached hydrogen (secondary N) is 1. The highest BCUT2D eigenvalue weighted by Gasteiger charge is 2.11. The van der Waals surface area contributed by atoms with Crippen molar-refractivity contribution in [2.75, 3.05) is 5.32 Å². The van der Waals surface area contributed by atoms with E-state index in [9.17, 15) is 9.59 Å². The summed E-state index contributed by atoms with van der Waals surface area (Å²) in [5.41, 5.74) is 0.735. The Morgan fingerprint density at radius 3 is 2.89 bits per heavy atom. The molecule has 1 aromatic carbocycles. The van der Waals surface area contributed by atoms with Gasteiger partial charge < -0.3 is 5.32 Å². The van der Waals surface area contributed by atoms with E-state index in [1.54, 1.807) is 42.6 Å². The van der Waals surface area contributed by atoms with Crippen LogP contribution in [-0.4, -0.2) is 40.6 Å². The van der Waals surface area contributed by atoms with E-state index >= 15 is 0 Å². The largest absolute Gasteiger partial charge is 0.323 e. The van der Waals surface area contributed by atoms with Crippen LogP contribution in [0.2, 0.25) is 0 Å². The topological polar surface area (TPSA) is 120 Å². The average molecular weight is 362 g/mol. The maximum absolute atomic E-state index is 12.4. The molecule has 0 unspecified atom stereocenters. The fourth-order valence-electron chi connectivity index (χ4n) is 2.58. The van der Waals surface area contributed by atoms with Crippen LogP contribution in [0.1, 0.15) is 6.42 Å². The molecule has 0 atom stereocenters. The lowest BCUT2D eigenvalue weighted by Gasteiger charge is -2.10. The van der Waals surface area contributed by atoms with Gasteiger partial charge in [-0.3, -0.25) is 9.59 Å². The smallest absolute Gasteiger partial charge is 0.277 e. The first-order valence-corrected chi connectivity index (χ1v) is 8.15. The van der Waals surface area contributed by atoms with Gasteiger partial charge in [-0.15, -0.1) is 5.10 Å². The Hall–Kier alpha value is -3.95. The van der Waals surface area contributed by atoms with Crippen molar-refractivity contribution in [3.8, 4) is 5.82 Å². The summed E-state index contributed by atoms with van der Waals surface area (Å²) in [5, 5.41) is 15.1. The molecule has 3 heterocycles. The molecule has 0 aliphatic rings. The molecule has 134 valence electrons. The molecule has 0 saturated heterocycles. The van der Waals surface area contributed by atoms with Gasteiger partial charge in [-0.25, -0.2) is 19.3 Å². The van der Waals surface area contributed by atoms with E-state index in [-0.39, 0.29) is 24.4 Å². The van der Waals surface area contributed by atoms with Crippen molar-refractivity contribution in [2.45, 2.75) is 13.0 Å². The Labute approximate surface area is 152 Å². The molecule has 4 rings (SSSR count). The lowest BCUT2D eigenvalue weighted by atomic mass is 10.2. The van der Waals surface area contributed by atoms with Gasteiger partial charge in [0.1, 0.15) is 18.2 Å². The average Bonchev–Trinajstić information content (AvgIpc) is 3.23. The highest BCUT2D eigenvalue weighted by molar-refractivity contribution is 5.92. The summed E-state index contributed by atoms with van der Waals surface area (Å²) in [5.74, 6) is 0.164. The minimum absolute atomic E-state index is 0.0542. The standard InChI is InChI=1S/C17H14N8O2/c26-15(21-14-6-3-8-19-16(14)25-11-18-10-20-25)7-9-24-17(27)12-4-1-2-5-13(12)22-23-24/h1-6,8,10-11H,7,9H2,(H,21,26). The third-order valence-electron chi connectivity index (χ3n) is 3.88. The van der Waals surface area contributed by atoms with Crippen molar-refractivity contribution in [1.29, 1.82) is 0 Å². The Balaban J connectivity index is 1.49. The summed E-state index contributed by atoms with van der Waals surface area (Å²) >= 11 is 0. The van der Waals surface area contributed by atoms with E-state index in [1.165, 1.54) is 22.0 Å². The monoisotopic (exact) mass is 362 g/mol. The molecule has 3 aromatic heterocycles. The molecule has 10 heteroatoms. The molecule has 0 radical (unpaired) electrons. The van der Waals surface area contributed by atoms with Gasteiger partial charge in [-0.1, -0.05) is 17.3 Å². The molecule has 4 aromatic rings. The summed E-state index contributed by atoms with van der Waals surface area (Å²) in [6.45, 7) is 0.113. The predicted octanol–water partition coefficient (Wildman–Crippen LogP) is 0.796. The number of aromatic nitrogens is 7. The SMILES string of the molecule is O=C(CCn1nnc2ccccc2c1=O)Nc1cccnc1-n1cncn1. The van der Waals surface area contributed by atoms with Crippen LogP contribution in [0.15, 0.2) is 60.0 Å². The number of carbonyl (C=O) groups excluding carboxylic acids is 1. The molecule has 0 bridgehead atoms. The van der Waals surface area contributed by atoms with Gasteiger partial charge in [-0.2, -0.15) is 5.10 Å². The molecule has 1 N–H and O–H groups in total. The number of hydrogen-bond acceptors (Lipinski definition) is 7. The maximum atomic E-state index is 12.4. The fraction of sp³-hybridized carbons (Fsp3) is 0.118. The third kappa shape index (κ3) is 3.40. The zero-order chi connectivity index (χ0) is 18.6. The van der Waals surface area contributed by atoms with Gasteiger partial charge in [-0.05, 0) is 24.3 Å². The number of rotatable bonds is 5. The van der Waals surface area contributed by atoms with E-state index in [2.05, 4.69) is 30.7 Å². The van der Waals surface area contributed by atoms with E-state index in [1.807, 2.05) is 0 Å². The molecular weight excluding hydrogens is 348 g/mol. The Morgan fingerprint density at radius 2 is 2.04 bits per heavy atom. The lowest BCUT2D eigenvalue weighted by molar-refractivity contribution is -0.116. The van der Waals surface area contributed by atoms with E-state index in [0.29, 0.717) is 22.4 Å². The summed E-state index contributed by atoms with van der Waals surface area (Å²) in [6.07, 6.45) is 4.52. The van der Waals surface area contributed by atoms with Crippen LogP contribution in [0.25, 0.3) is 16.7 Å². The number of pyridine rings is 1. The highest BCUT2D eigenvalue weighted by atomic mass is 16.2. The minimum atomic E-state index is -0.286. The van der Waals surface area contributed by atoms with E-state index in [0.717, 1.165) is 0 Å². The lowest BCUT2D eigenvalue weighted by Crippen LogP contribution is -2.26. The number of nitrogens with zero attached hydrogens (tertiary/aromatic N) is 7. The van der Waals surface area contributed by atoms with Gasteiger partial charge in [0, 0.05) is 12.6 Å². The minimum Gasteiger partial charge on any atom is -0.323 e. The molecule has 10 nitrogen and oxygen atoms in total. The van der Waals surface area contributed by atoms with Crippen molar-refractivity contribution in [3.63, 3.8) is 0 Å². The number of benzene rings is 1. The summed E-state index contributed by atoms with van der Waals surface area (Å²) in [4.78, 5) is 32.8. The zero-order valence-corrected chi connectivity index (χ0v) is 14.1. The van der Waals surface area contributed by atoms with Crippen molar-refractivity contribution >= 4 is 22.5 Å². The van der Waals surface area contributed by atoms with Gasteiger partial charge in [0.25, 0.3) is 5.56 Å². The molecule has 0 fully saturated rings. The second kappa shape index (κ2) is 7.12. The Morgan fingerprint density at radius 1 is 1.15 bits per heavy atom. The van der Waals surface area contributed by atoms with E-state index in [4.69, 9.17) is 0 Å². The molecule has 1 amide bonds. The van der Waals surface area contributed by atoms with Crippen LogP contribution in [0.5, 0.6) is 0 Å². The quantitative estimate of drug-likeness (QED) is 0.557. The molecule has 0 aliphatic carbocycles. The van der Waals surface area contributed by atoms with E-state index < -0.39 is 0 Å². The summed E-state index contributed by atoms with van der Waals surface area (Å²) in [6, 6.07) is 10.4. The van der Waals surface area contributed by atoms with Crippen molar-refractivity contribution in [3.05, 3.63) is 65.6 Å². The first-order valence-electron chi connectivity index (χ1n) is 8.15. The number of fused-ring (bicyclic) bond motifs is 1. The van der Waals surface area contributed by atoms with Crippen molar-refractivity contribution in [1.82, 2.24) is 34.7 Å². The van der Waals surface area contributed by atoms with Gasteiger partial charge >= 0.3 is 0 Å². The first-order chi connectivity index (χ1) is 13.2. The van der Waals surface area contributed by atoms with Crippen LogP contribution >= 0.6 is 0 Å². The highest BCUT2D eigenvalue weighted by Crippen LogP contribution is 2.16. The van der Waals surface area contributed by atoms with Crippen LogP contribution in [0.4, 0.5) is 5.69 Å². The second-order valence-electron chi connectivity index (χ2n) is 5.65. The number of anilines is 1. The van der Waals surface area contributed by atoms with Crippen molar-refractivity contribution < 1.29 is 4.79 Å². The summed E-state index contributed by atoms with van der Waals surface area (Å²) in [7, 11) is 0. The van der Waals surface area contributed by atoms with Gasteiger partial charge in [0.2, 0.25) is 5.91 Å². The van der Waals surface area contributed by atoms with Crippen molar-refractivity contribution in [2.24, 2.45) is 0 Å². The summed E-state index contributed by atoms with van der Waals surface area (Å²) < 4.78 is 2.64. The van der Waals surface area contributed by atoms with Gasteiger partial charge in [0.15, 0.2) is 5.82 Å². The first kappa shape index (κ1) is 16.5. The van der Waals surface area contributed by atoms with Crippen LogP contribution in [0.3, 0.4) is 0 Å². The molecule has 0 aliphatic heterocycles. The fourth-order valence-corrected chi connectivity index (χ4v) is 2.58. The maximum Gasteiger partial charge on any atom is 0.277 e. The van der Waals surface area contributed by atoms with Crippen LogP contribution < -0.4 is 10.9 Å².